The average molecular weight is 239 g/mol. The van der Waals surface area contributed by atoms with Gasteiger partial charge in [0.25, 0.3) is 0 Å². The van der Waals surface area contributed by atoms with Crippen molar-refractivity contribution in [1.29, 1.82) is 5.26 Å². The summed E-state index contributed by atoms with van der Waals surface area (Å²) in [7, 11) is 0. The van der Waals surface area contributed by atoms with Crippen molar-refractivity contribution < 1.29 is 9.53 Å². The summed E-state index contributed by atoms with van der Waals surface area (Å²) >= 11 is 0. The third-order valence-corrected chi connectivity index (χ3v) is 2.78. The van der Waals surface area contributed by atoms with Crippen LogP contribution in [0.2, 0.25) is 0 Å². The van der Waals surface area contributed by atoms with E-state index >= 15 is 0 Å². The van der Waals surface area contributed by atoms with Gasteiger partial charge in [0.1, 0.15) is 0 Å². The molecule has 1 amide bonds. The molecule has 1 aliphatic carbocycles. The fourth-order valence-electron chi connectivity index (χ4n) is 1.88. The molecule has 17 heavy (non-hydrogen) atoms. The summed E-state index contributed by atoms with van der Waals surface area (Å²) in [5, 5.41) is 14.0. The lowest BCUT2D eigenvalue weighted by molar-refractivity contribution is -0.120. The molecule has 0 bridgehead atoms. The maximum Gasteiger partial charge on any atom is 0.233 e. The van der Waals surface area contributed by atoms with Crippen LogP contribution in [0.3, 0.4) is 0 Å². The second kappa shape index (κ2) is 8.97. The zero-order valence-electron chi connectivity index (χ0n) is 10.2. The van der Waals surface area contributed by atoms with Gasteiger partial charge in [0.05, 0.1) is 31.7 Å². The third-order valence-electron chi connectivity index (χ3n) is 2.78. The molecule has 5 heteroatoms. The van der Waals surface area contributed by atoms with Crippen molar-refractivity contribution in [2.75, 3.05) is 26.2 Å². The number of carbonyl (C=O) groups is 1. The Bertz CT molecular complexity index is 257. The quantitative estimate of drug-likeness (QED) is 0.607. The van der Waals surface area contributed by atoms with Crippen LogP contribution in [0.4, 0.5) is 0 Å². The van der Waals surface area contributed by atoms with Gasteiger partial charge in [-0.3, -0.25) is 4.79 Å². The number of rotatable bonds is 8. The molecular formula is C12H21N3O2. The van der Waals surface area contributed by atoms with Gasteiger partial charge in [0, 0.05) is 13.1 Å². The highest BCUT2D eigenvalue weighted by Gasteiger charge is 2.14. The molecule has 0 radical (unpaired) electrons. The van der Waals surface area contributed by atoms with Crippen LogP contribution in [0.1, 0.15) is 32.1 Å². The van der Waals surface area contributed by atoms with Gasteiger partial charge < -0.3 is 15.4 Å². The second-order valence-electron chi connectivity index (χ2n) is 4.21. The molecule has 0 heterocycles. The number of ether oxygens (including phenoxy) is 1. The Hall–Kier alpha value is -1.12. The molecule has 1 saturated carbocycles. The van der Waals surface area contributed by atoms with Gasteiger partial charge in [-0.05, 0) is 12.8 Å². The van der Waals surface area contributed by atoms with E-state index in [-0.39, 0.29) is 5.91 Å². The summed E-state index contributed by atoms with van der Waals surface area (Å²) in [6.07, 6.45) is 5.69. The molecule has 0 spiro atoms. The van der Waals surface area contributed by atoms with Gasteiger partial charge in [0.15, 0.2) is 0 Å². The van der Waals surface area contributed by atoms with Crippen molar-refractivity contribution in [2.45, 2.75) is 38.2 Å². The van der Waals surface area contributed by atoms with E-state index in [1.54, 1.807) is 0 Å². The van der Waals surface area contributed by atoms with Crippen LogP contribution in [0.25, 0.3) is 0 Å². The highest BCUT2D eigenvalue weighted by molar-refractivity contribution is 5.77. The zero-order chi connectivity index (χ0) is 12.3. The summed E-state index contributed by atoms with van der Waals surface area (Å²) in [5.74, 6) is -0.0684. The number of hydrogen-bond donors (Lipinski definition) is 2. The fourth-order valence-corrected chi connectivity index (χ4v) is 1.88. The standard InChI is InChI=1S/C12H21N3O2/c13-6-3-7-15-12(16)10-14-8-9-17-11-4-1-2-5-11/h11,14H,1-5,7-10H2,(H,15,16). The van der Waals surface area contributed by atoms with Gasteiger partial charge in [-0.2, -0.15) is 5.26 Å². The first-order chi connectivity index (χ1) is 8.33. The monoisotopic (exact) mass is 239 g/mol. The molecule has 0 saturated heterocycles. The van der Waals surface area contributed by atoms with E-state index in [0.29, 0.717) is 38.8 Å². The number of carbonyl (C=O) groups excluding carboxylic acids is 1. The van der Waals surface area contributed by atoms with Crippen molar-refractivity contribution >= 4 is 5.91 Å². The van der Waals surface area contributed by atoms with Crippen LogP contribution >= 0.6 is 0 Å². The van der Waals surface area contributed by atoms with Crippen molar-refractivity contribution in [3.8, 4) is 6.07 Å². The first-order valence-corrected chi connectivity index (χ1v) is 6.29. The van der Waals surface area contributed by atoms with Gasteiger partial charge in [-0.15, -0.1) is 0 Å². The lowest BCUT2D eigenvalue weighted by Gasteiger charge is -2.11. The minimum absolute atomic E-state index is 0.0684. The van der Waals surface area contributed by atoms with Crippen molar-refractivity contribution in [3.05, 3.63) is 0 Å². The Morgan fingerprint density at radius 2 is 2.12 bits per heavy atom. The Kier molecular flexibility index (Phi) is 7.35. The van der Waals surface area contributed by atoms with E-state index in [9.17, 15) is 4.79 Å². The predicted molar refractivity (Wildman–Crippen MR) is 64.3 cm³/mol. The molecule has 5 nitrogen and oxygen atoms in total. The van der Waals surface area contributed by atoms with E-state index in [4.69, 9.17) is 10.00 Å². The van der Waals surface area contributed by atoms with Crippen molar-refractivity contribution in [2.24, 2.45) is 0 Å². The maximum absolute atomic E-state index is 11.2. The number of amides is 1. The SMILES string of the molecule is N#CCCNC(=O)CNCCOC1CCCC1. The Balaban J connectivity index is 1.86. The Labute approximate surface area is 103 Å². The van der Waals surface area contributed by atoms with Gasteiger partial charge in [-0.1, -0.05) is 12.8 Å². The van der Waals surface area contributed by atoms with Crippen LogP contribution in [0.5, 0.6) is 0 Å². The first kappa shape index (κ1) is 13.9. The van der Waals surface area contributed by atoms with Gasteiger partial charge in [0.2, 0.25) is 5.91 Å². The molecule has 0 aliphatic heterocycles. The van der Waals surface area contributed by atoms with Gasteiger partial charge in [-0.25, -0.2) is 0 Å². The van der Waals surface area contributed by atoms with E-state index in [1.807, 2.05) is 6.07 Å². The number of hydrogen-bond acceptors (Lipinski definition) is 4. The summed E-state index contributed by atoms with van der Waals surface area (Å²) in [4.78, 5) is 11.2. The molecular weight excluding hydrogens is 218 g/mol. The average Bonchev–Trinajstić information content (AvgIpc) is 2.82. The first-order valence-electron chi connectivity index (χ1n) is 6.29. The second-order valence-corrected chi connectivity index (χ2v) is 4.21. The summed E-state index contributed by atoms with van der Waals surface area (Å²) < 4.78 is 5.65. The van der Waals surface area contributed by atoms with Crippen LogP contribution in [0.15, 0.2) is 0 Å². The number of nitriles is 1. The minimum atomic E-state index is -0.0684. The number of nitrogens with zero attached hydrogens (tertiary/aromatic N) is 1. The summed E-state index contributed by atoms with van der Waals surface area (Å²) in [6.45, 7) is 2.08. The molecule has 1 fully saturated rings. The lowest BCUT2D eigenvalue weighted by Crippen LogP contribution is -2.35. The third kappa shape index (κ3) is 6.93. The molecule has 0 aromatic rings. The number of nitrogens with one attached hydrogen (secondary N) is 2. The Morgan fingerprint density at radius 1 is 1.35 bits per heavy atom. The summed E-state index contributed by atoms with van der Waals surface area (Å²) in [6, 6.07) is 1.98. The minimum Gasteiger partial charge on any atom is -0.377 e. The molecule has 0 atom stereocenters. The topological polar surface area (TPSA) is 74.2 Å². The fraction of sp³-hybridized carbons (Fsp3) is 0.833. The normalized spacial score (nSPS) is 15.7. The van der Waals surface area contributed by atoms with Crippen LogP contribution < -0.4 is 10.6 Å². The lowest BCUT2D eigenvalue weighted by atomic mass is 10.3. The maximum atomic E-state index is 11.2. The summed E-state index contributed by atoms with van der Waals surface area (Å²) in [5.41, 5.74) is 0. The molecule has 0 unspecified atom stereocenters. The van der Waals surface area contributed by atoms with Crippen molar-refractivity contribution in [1.82, 2.24) is 10.6 Å². The molecule has 2 N–H and O–H groups in total. The molecule has 0 aromatic carbocycles. The van der Waals surface area contributed by atoms with Crippen molar-refractivity contribution in [3.63, 3.8) is 0 Å². The van der Waals surface area contributed by atoms with Crippen LogP contribution in [-0.4, -0.2) is 38.3 Å². The van der Waals surface area contributed by atoms with E-state index < -0.39 is 0 Å². The Morgan fingerprint density at radius 3 is 2.82 bits per heavy atom. The molecule has 96 valence electrons. The van der Waals surface area contributed by atoms with Crippen LogP contribution in [-0.2, 0) is 9.53 Å². The zero-order valence-corrected chi connectivity index (χ0v) is 10.2. The predicted octanol–water partition coefficient (Wildman–Crippen LogP) is 0.565. The van der Waals surface area contributed by atoms with E-state index in [1.165, 1.54) is 25.7 Å². The molecule has 1 aliphatic rings. The van der Waals surface area contributed by atoms with Gasteiger partial charge >= 0.3 is 0 Å². The molecule has 0 aromatic heterocycles. The van der Waals surface area contributed by atoms with E-state index in [2.05, 4.69) is 10.6 Å². The van der Waals surface area contributed by atoms with Crippen LogP contribution in [0, 0.1) is 11.3 Å². The smallest absolute Gasteiger partial charge is 0.233 e. The highest BCUT2D eigenvalue weighted by atomic mass is 16.5. The van der Waals surface area contributed by atoms with E-state index in [0.717, 1.165) is 0 Å². The largest absolute Gasteiger partial charge is 0.377 e. The highest BCUT2D eigenvalue weighted by Crippen LogP contribution is 2.20. The molecule has 1 rings (SSSR count).